The number of aromatic nitrogens is 3. The van der Waals surface area contributed by atoms with Crippen LogP contribution in [0.2, 0.25) is 0 Å². The van der Waals surface area contributed by atoms with Gasteiger partial charge in [0.2, 0.25) is 11.8 Å². The summed E-state index contributed by atoms with van der Waals surface area (Å²) in [7, 11) is 0. The monoisotopic (exact) mass is 610 g/mol. The van der Waals surface area contributed by atoms with Crippen molar-refractivity contribution in [3.8, 4) is 22.9 Å². The average molecular weight is 611 g/mol. The first kappa shape index (κ1) is 31.7. The topological polar surface area (TPSA) is 101 Å². The third kappa shape index (κ3) is 7.51. The maximum atomic E-state index is 15.3. The van der Waals surface area contributed by atoms with Crippen molar-refractivity contribution in [2.24, 2.45) is 5.92 Å². The van der Waals surface area contributed by atoms with E-state index in [1.807, 2.05) is 62.9 Å². The fourth-order valence-corrected chi connectivity index (χ4v) is 5.62. The highest BCUT2D eigenvalue weighted by molar-refractivity contribution is 5.89. The van der Waals surface area contributed by atoms with Crippen molar-refractivity contribution < 1.29 is 18.7 Å². The molecule has 2 atom stereocenters. The zero-order chi connectivity index (χ0) is 31.9. The van der Waals surface area contributed by atoms with Crippen LogP contribution in [-0.2, 0) is 29.1 Å². The minimum Gasteiger partial charge on any atom is -0.455 e. The lowest BCUT2D eigenvalue weighted by atomic mass is 10.0. The van der Waals surface area contributed by atoms with Gasteiger partial charge in [0.15, 0.2) is 5.82 Å². The van der Waals surface area contributed by atoms with Crippen molar-refractivity contribution in [2.75, 3.05) is 13.1 Å². The molecular weight excluding hydrogens is 571 g/mol. The normalized spacial score (nSPS) is 16.9. The third-order valence-electron chi connectivity index (χ3n) is 7.92. The Balaban J connectivity index is 1.33. The van der Waals surface area contributed by atoms with Gasteiger partial charge in [0.05, 0.1) is 5.69 Å². The molecule has 0 saturated carbocycles. The molecule has 0 unspecified atom stereocenters. The Bertz CT molecular complexity index is 1620. The van der Waals surface area contributed by atoms with Crippen LogP contribution in [-0.4, -0.2) is 61.7 Å². The second kappa shape index (κ2) is 14.4. The highest BCUT2D eigenvalue weighted by atomic mass is 19.1. The number of carbonyl (C=O) groups is 2. The molecule has 1 saturated heterocycles. The van der Waals surface area contributed by atoms with Crippen molar-refractivity contribution in [3.05, 3.63) is 102 Å². The van der Waals surface area contributed by atoms with Gasteiger partial charge in [-0.05, 0) is 49.2 Å². The number of nitrogens with one attached hydrogen (secondary N) is 1. The summed E-state index contributed by atoms with van der Waals surface area (Å²) in [6, 6.07) is 16.8. The summed E-state index contributed by atoms with van der Waals surface area (Å²) < 4.78 is 21.5. The molecule has 2 aromatic carbocycles. The number of nitrogens with zero attached hydrogens (tertiary/aromatic N) is 5. The van der Waals surface area contributed by atoms with E-state index >= 15 is 4.39 Å². The molecule has 9 nitrogen and oxygen atoms in total. The Morgan fingerprint density at radius 2 is 1.67 bits per heavy atom. The first-order valence-electron chi connectivity index (χ1n) is 15.3. The predicted molar refractivity (Wildman–Crippen MR) is 170 cm³/mol. The molecule has 1 aliphatic heterocycles. The fraction of sp³-hybridized carbons (Fsp3) is 0.343. The van der Waals surface area contributed by atoms with Gasteiger partial charge in [-0.3, -0.25) is 19.5 Å². The van der Waals surface area contributed by atoms with Gasteiger partial charge in [-0.1, -0.05) is 51.1 Å². The molecule has 2 amide bonds. The van der Waals surface area contributed by atoms with Crippen LogP contribution in [0.25, 0.3) is 11.4 Å². The van der Waals surface area contributed by atoms with Gasteiger partial charge in [0.25, 0.3) is 0 Å². The lowest BCUT2D eigenvalue weighted by Crippen LogP contribution is -2.64. The van der Waals surface area contributed by atoms with E-state index in [-0.39, 0.29) is 36.9 Å². The molecule has 1 fully saturated rings. The number of ether oxygens (including phenoxy) is 1. The highest BCUT2D eigenvalue weighted by Gasteiger charge is 2.40. The first-order chi connectivity index (χ1) is 21.7. The molecule has 0 aliphatic carbocycles. The Morgan fingerprint density at radius 1 is 0.956 bits per heavy atom. The second-order valence-electron chi connectivity index (χ2n) is 11.6. The number of amides is 2. The minimum absolute atomic E-state index is 0.0897. The standard InChI is InChI=1S/C35H39FN6O3/c1-5-29-32(11-7-16-37-29)45-31-10-6-9-28(36)27(31)21-41-20-24(4)42(35(44)23(2)3)30(22-41)34(43)40-19-25-12-14-26(15-13-25)33-38-17-8-18-39-33/h6-18,23-24,30H,5,19-22H2,1-4H3,(H,40,43)/t24-,30-/m1/s1. The summed E-state index contributed by atoms with van der Waals surface area (Å²) in [6.07, 6.45) is 5.76. The summed E-state index contributed by atoms with van der Waals surface area (Å²) in [5.74, 6) is 0.582. The molecule has 2 aromatic heterocycles. The number of piperazine rings is 1. The Morgan fingerprint density at radius 3 is 2.38 bits per heavy atom. The van der Waals surface area contributed by atoms with Crippen molar-refractivity contribution in [3.63, 3.8) is 0 Å². The van der Waals surface area contributed by atoms with Crippen molar-refractivity contribution in [1.29, 1.82) is 0 Å². The van der Waals surface area contributed by atoms with E-state index in [2.05, 4.69) is 20.3 Å². The smallest absolute Gasteiger partial charge is 0.244 e. The van der Waals surface area contributed by atoms with Crippen LogP contribution in [0.3, 0.4) is 0 Å². The summed E-state index contributed by atoms with van der Waals surface area (Å²) in [5.41, 5.74) is 2.95. The van der Waals surface area contributed by atoms with Crippen LogP contribution in [0.15, 0.2) is 79.3 Å². The first-order valence-corrected chi connectivity index (χ1v) is 15.3. The number of aryl methyl sites for hydroxylation is 1. The fourth-order valence-electron chi connectivity index (χ4n) is 5.62. The van der Waals surface area contributed by atoms with E-state index in [1.165, 1.54) is 6.07 Å². The van der Waals surface area contributed by atoms with Gasteiger partial charge in [-0.2, -0.15) is 0 Å². The zero-order valence-corrected chi connectivity index (χ0v) is 26.1. The lowest BCUT2D eigenvalue weighted by Gasteiger charge is -2.45. The number of hydrogen-bond acceptors (Lipinski definition) is 7. The summed E-state index contributed by atoms with van der Waals surface area (Å²) in [5, 5.41) is 3.03. The molecule has 3 heterocycles. The molecule has 5 rings (SSSR count). The highest BCUT2D eigenvalue weighted by Crippen LogP contribution is 2.31. The predicted octanol–water partition coefficient (Wildman–Crippen LogP) is 5.41. The van der Waals surface area contributed by atoms with Crippen molar-refractivity contribution in [1.82, 2.24) is 30.1 Å². The summed E-state index contributed by atoms with van der Waals surface area (Å²) in [4.78, 5) is 43.7. The van der Waals surface area contributed by atoms with E-state index in [0.717, 1.165) is 16.8 Å². The zero-order valence-electron chi connectivity index (χ0n) is 26.1. The number of hydrogen-bond donors (Lipinski definition) is 1. The van der Waals surface area contributed by atoms with Crippen molar-refractivity contribution in [2.45, 2.75) is 59.3 Å². The SMILES string of the molecule is CCc1ncccc1Oc1cccc(F)c1CN1C[C@@H](C)N(C(=O)C(C)C)[C@@H](C(=O)NCc2ccc(-c3ncccn3)cc2)C1. The minimum atomic E-state index is -0.748. The maximum Gasteiger partial charge on any atom is 0.244 e. The number of pyridine rings is 1. The van der Waals surface area contributed by atoms with E-state index in [1.54, 1.807) is 47.8 Å². The number of halogens is 1. The van der Waals surface area contributed by atoms with E-state index in [4.69, 9.17) is 4.74 Å². The summed E-state index contributed by atoms with van der Waals surface area (Å²) in [6.45, 7) is 8.82. The number of rotatable bonds is 10. The number of benzene rings is 2. The Kier molecular flexibility index (Phi) is 10.1. The third-order valence-corrected chi connectivity index (χ3v) is 7.92. The van der Waals surface area contributed by atoms with Gasteiger partial charge < -0.3 is 15.0 Å². The van der Waals surface area contributed by atoms with Crippen LogP contribution in [0.4, 0.5) is 4.39 Å². The molecule has 1 N–H and O–H groups in total. The maximum absolute atomic E-state index is 15.3. The largest absolute Gasteiger partial charge is 0.455 e. The quantitative estimate of drug-likeness (QED) is 0.256. The molecule has 4 aromatic rings. The molecule has 1 aliphatic rings. The van der Waals surface area contributed by atoms with Crippen LogP contribution >= 0.6 is 0 Å². The molecule has 0 bridgehead atoms. The Hall–Kier alpha value is -4.70. The molecule has 0 spiro atoms. The second-order valence-corrected chi connectivity index (χ2v) is 11.6. The van der Waals surface area contributed by atoms with Crippen molar-refractivity contribution >= 4 is 11.8 Å². The van der Waals surface area contributed by atoms with Gasteiger partial charge in [-0.25, -0.2) is 14.4 Å². The van der Waals surface area contributed by atoms with Gasteiger partial charge in [0.1, 0.15) is 23.4 Å². The molecule has 45 heavy (non-hydrogen) atoms. The van der Waals surface area contributed by atoms with Gasteiger partial charge in [-0.15, -0.1) is 0 Å². The van der Waals surface area contributed by atoms with Gasteiger partial charge >= 0.3 is 0 Å². The molecular formula is C35H39FN6O3. The van der Waals surface area contributed by atoms with Crippen LogP contribution in [0.5, 0.6) is 11.5 Å². The van der Waals surface area contributed by atoms with Crippen LogP contribution in [0.1, 0.15) is 44.5 Å². The van der Waals surface area contributed by atoms with Crippen LogP contribution < -0.4 is 10.1 Å². The van der Waals surface area contributed by atoms with E-state index < -0.39 is 11.9 Å². The lowest BCUT2D eigenvalue weighted by molar-refractivity contribution is -0.150. The summed E-state index contributed by atoms with van der Waals surface area (Å²) >= 11 is 0. The molecule has 10 heteroatoms. The van der Waals surface area contributed by atoms with E-state index in [9.17, 15) is 9.59 Å². The van der Waals surface area contributed by atoms with Crippen LogP contribution in [0, 0.1) is 11.7 Å². The van der Waals surface area contributed by atoms with E-state index in [0.29, 0.717) is 42.4 Å². The number of carbonyl (C=O) groups excluding carboxylic acids is 2. The van der Waals surface area contributed by atoms with Gasteiger partial charge in [0, 0.05) is 67.9 Å². The molecule has 234 valence electrons. The Labute approximate surface area is 263 Å². The average Bonchev–Trinajstić information content (AvgIpc) is 3.05. The molecule has 0 radical (unpaired) electrons.